The molecule has 0 radical (unpaired) electrons. The summed E-state index contributed by atoms with van der Waals surface area (Å²) in [5, 5.41) is 14.9. The lowest BCUT2D eigenvalue weighted by Gasteiger charge is -2.14. The highest BCUT2D eigenvalue weighted by molar-refractivity contribution is 7.98. The van der Waals surface area contributed by atoms with E-state index in [1.165, 1.54) is 16.4 Å². The predicted octanol–water partition coefficient (Wildman–Crippen LogP) is 3.81. The van der Waals surface area contributed by atoms with Crippen molar-refractivity contribution in [3.63, 3.8) is 0 Å². The van der Waals surface area contributed by atoms with E-state index in [0.717, 1.165) is 17.0 Å². The second-order valence-electron chi connectivity index (χ2n) is 7.21. The highest BCUT2D eigenvalue weighted by Crippen LogP contribution is 2.30. The molecule has 1 aromatic carbocycles. The molecule has 0 aliphatic carbocycles. The Hall–Kier alpha value is -3.05. The van der Waals surface area contributed by atoms with Gasteiger partial charge < -0.3 is 10.5 Å². The average molecular weight is 395 g/mol. The second-order valence-corrected chi connectivity index (χ2v) is 8.01. The number of thioether (sulfide) groups is 1. The van der Waals surface area contributed by atoms with E-state index in [2.05, 4.69) is 41.9 Å². The molecular weight excluding hydrogens is 372 g/mol. The molecule has 3 aromatic rings. The number of nitrogens with two attached hydrogens (primary N) is 1. The van der Waals surface area contributed by atoms with Gasteiger partial charge in [-0.2, -0.15) is 15.0 Å². The molecule has 0 saturated heterocycles. The maximum Gasteiger partial charge on any atom is 0.178 e. The fraction of sp³-hybridized carbons (Fsp3) is 0.300. The number of nitriles is 1. The SMILES string of the molecule is COc1ccc(-c2nc(SC)c(C#N)c(-n3nc(C(C)(C)C)cc3N)n2)cc1. The van der Waals surface area contributed by atoms with Crippen LogP contribution < -0.4 is 10.5 Å². The van der Waals surface area contributed by atoms with Crippen molar-refractivity contribution in [2.45, 2.75) is 31.2 Å². The molecule has 144 valence electrons. The number of hydrogen-bond donors (Lipinski definition) is 1. The molecule has 2 N–H and O–H groups in total. The normalized spacial score (nSPS) is 11.3. The number of benzene rings is 1. The van der Waals surface area contributed by atoms with Crippen LogP contribution in [0.3, 0.4) is 0 Å². The standard InChI is InChI=1S/C20H22N6OS/c1-20(2,3)15-10-16(22)26(25-15)18-14(11-21)19(28-5)24-17(23-18)12-6-8-13(27-4)9-7-12/h6-10H,22H2,1-5H3. The number of anilines is 1. The zero-order valence-electron chi connectivity index (χ0n) is 16.5. The van der Waals surface area contributed by atoms with Gasteiger partial charge in [0.1, 0.15) is 28.2 Å². The Morgan fingerprint density at radius 1 is 1.18 bits per heavy atom. The van der Waals surface area contributed by atoms with E-state index in [0.29, 0.717) is 28.0 Å². The number of rotatable bonds is 4. The predicted molar refractivity (Wildman–Crippen MR) is 111 cm³/mol. The second kappa shape index (κ2) is 7.52. The van der Waals surface area contributed by atoms with Crippen LogP contribution in [-0.2, 0) is 5.41 Å². The summed E-state index contributed by atoms with van der Waals surface area (Å²) in [6.45, 7) is 6.17. The third kappa shape index (κ3) is 3.66. The lowest BCUT2D eigenvalue weighted by molar-refractivity contribution is 0.415. The van der Waals surface area contributed by atoms with Crippen molar-refractivity contribution in [1.29, 1.82) is 5.26 Å². The van der Waals surface area contributed by atoms with Crippen LogP contribution in [0.2, 0.25) is 0 Å². The molecule has 0 fully saturated rings. The lowest BCUT2D eigenvalue weighted by atomic mass is 9.92. The van der Waals surface area contributed by atoms with Crippen LogP contribution >= 0.6 is 11.8 Å². The summed E-state index contributed by atoms with van der Waals surface area (Å²) >= 11 is 1.38. The van der Waals surface area contributed by atoms with E-state index in [-0.39, 0.29) is 5.41 Å². The van der Waals surface area contributed by atoms with Gasteiger partial charge in [0.2, 0.25) is 0 Å². The molecule has 0 unspecified atom stereocenters. The summed E-state index contributed by atoms with van der Waals surface area (Å²) in [5.74, 6) is 2.04. The first-order valence-electron chi connectivity index (χ1n) is 8.65. The van der Waals surface area contributed by atoms with Gasteiger partial charge in [0.25, 0.3) is 0 Å². The number of methoxy groups -OCH3 is 1. The summed E-state index contributed by atoms with van der Waals surface area (Å²) in [6, 6.07) is 11.5. The smallest absolute Gasteiger partial charge is 0.178 e. The van der Waals surface area contributed by atoms with Crippen molar-refractivity contribution in [3.8, 4) is 29.0 Å². The maximum atomic E-state index is 9.74. The van der Waals surface area contributed by atoms with Crippen LogP contribution in [0.4, 0.5) is 5.82 Å². The molecule has 2 heterocycles. The third-order valence-corrected chi connectivity index (χ3v) is 4.90. The average Bonchev–Trinajstić information content (AvgIpc) is 3.09. The van der Waals surface area contributed by atoms with Gasteiger partial charge in [-0.15, -0.1) is 11.8 Å². The van der Waals surface area contributed by atoms with Gasteiger partial charge in [0.15, 0.2) is 11.6 Å². The van der Waals surface area contributed by atoms with Crippen LogP contribution in [-0.4, -0.2) is 33.1 Å². The number of ether oxygens (including phenoxy) is 1. The molecule has 8 heteroatoms. The van der Waals surface area contributed by atoms with E-state index in [9.17, 15) is 5.26 Å². The Morgan fingerprint density at radius 2 is 1.86 bits per heavy atom. The maximum absolute atomic E-state index is 9.74. The molecule has 7 nitrogen and oxygen atoms in total. The van der Waals surface area contributed by atoms with Crippen LogP contribution in [0.25, 0.3) is 17.2 Å². The molecule has 0 bridgehead atoms. The first kappa shape index (κ1) is 19.7. The summed E-state index contributed by atoms with van der Waals surface area (Å²) in [6.07, 6.45) is 1.87. The Balaban J connectivity index is 2.22. The van der Waals surface area contributed by atoms with Crippen LogP contribution in [0.15, 0.2) is 35.4 Å². The highest BCUT2D eigenvalue weighted by atomic mass is 32.2. The number of nitrogens with zero attached hydrogens (tertiary/aromatic N) is 5. The van der Waals surface area contributed by atoms with Crippen molar-refractivity contribution in [2.24, 2.45) is 0 Å². The largest absolute Gasteiger partial charge is 0.497 e. The van der Waals surface area contributed by atoms with Gasteiger partial charge in [-0.3, -0.25) is 0 Å². The van der Waals surface area contributed by atoms with Gasteiger partial charge in [-0.25, -0.2) is 9.97 Å². The fourth-order valence-corrected chi connectivity index (χ4v) is 3.15. The Kier molecular flexibility index (Phi) is 5.29. The van der Waals surface area contributed by atoms with Gasteiger partial charge in [-0.1, -0.05) is 20.8 Å². The summed E-state index contributed by atoms with van der Waals surface area (Å²) in [5.41, 5.74) is 8.02. The van der Waals surface area contributed by atoms with E-state index < -0.39 is 0 Å². The van der Waals surface area contributed by atoms with Crippen LogP contribution in [0, 0.1) is 11.3 Å². The topological polar surface area (TPSA) is 103 Å². The molecule has 0 spiro atoms. The summed E-state index contributed by atoms with van der Waals surface area (Å²) in [4.78, 5) is 9.20. The number of aromatic nitrogens is 4. The third-order valence-electron chi connectivity index (χ3n) is 4.22. The van der Waals surface area contributed by atoms with Crippen molar-refractivity contribution in [3.05, 3.63) is 41.6 Å². The first-order valence-corrected chi connectivity index (χ1v) is 9.88. The minimum atomic E-state index is -0.180. The molecular formula is C20H22N6OS. The number of nitrogen functional groups attached to an aromatic ring is 1. The molecule has 0 atom stereocenters. The van der Waals surface area contributed by atoms with Gasteiger partial charge in [0, 0.05) is 17.0 Å². The van der Waals surface area contributed by atoms with Crippen molar-refractivity contribution in [2.75, 3.05) is 19.1 Å². The Morgan fingerprint density at radius 3 is 2.36 bits per heavy atom. The molecule has 3 rings (SSSR count). The quantitative estimate of drug-likeness (QED) is 0.530. The summed E-state index contributed by atoms with van der Waals surface area (Å²) < 4.78 is 6.73. The molecule has 0 saturated carbocycles. The number of hydrogen-bond acceptors (Lipinski definition) is 7. The summed E-state index contributed by atoms with van der Waals surface area (Å²) in [7, 11) is 1.62. The van der Waals surface area contributed by atoms with E-state index in [1.807, 2.05) is 36.6 Å². The molecule has 0 aliphatic heterocycles. The zero-order valence-corrected chi connectivity index (χ0v) is 17.3. The molecule has 0 amide bonds. The van der Waals surface area contributed by atoms with Gasteiger partial charge >= 0.3 is 0 Å². The Labute approximate surface area is 168 Å². The molecule has 28 heavy (non-hydrogen) atoms. The molecule has 0 aliphatic rings. The van der Waals surface area contributed by atoms with Crippen molar-refractivity contribution < 1.29 is 4.74 Å². The fourth-order valence-electron chi connectivity index (χ4n) is 2.63. The van der Waals surface area contributed by atoms with Crippen molar-refractivity contribution >= 4 is 17.6 Å². The highest BCUT2D eigenvalue weighted by Gasteiger charge is 2.23. The van der Waals surface area contributed by atoms with E-state index in [4.69, 9.17) is 10.5 Å². The van der Waals surface area contributed by atoms with E-state index >= 15 is 0 Å². The van der Waals surface area contributed by atoms with Crippen molar-refractivity contribution in [1.82, 2.24) is 19.7 Å². The monoisotopic (exact) mass is 394 g/mol. The minimum absolute atomic E-state index is 0.180. The Bertz CT molecular complexity index is 1040. The minimum Gasteiger partial charge on any atom is -0.497 e. The van der Waals surface area contributed by atoms with Crippen LogP contribution in [0.5, 0.6) is 5.75 Å². The van der Waals surface area contributed by atoms with Gasteiger partial charge in [-0.05, 0) is 30.5 Å². The van der Waals surface area contributed by atoms with Crippen LogP contribution in [0.1, 0.15) is 32.0 Å². The lowest BCUT2D eigenvalue weighted by Crippen LogP contribution is -2.14. The van der Waals surface area contributed by atoms with E-state index in [1.54, 1.807) is 7.11 Å². The first-order chi connectivity index (χ1) is 13.3. The van der Waals surface area contributed by atoms with Gasteiger partial charge in [0.05, 0.1) is 12.8 Å². The molecule has 2 aromatic heterocycles. The zero-order chi connectivity index (χ0) is 20.5.